The van der Waals surface area contributed by atoms with E-state index in [1.54, 1.807) is 0 Å². The molecule has 0 amide bonds. The van der Waals surface area contributed by atoms with Gasteiger partial charge < -0.3 is 14.8 Å². The van der Waals surface area contributed by atoms with E-state index in [-0.39, 0.29) is 0 Å². The summed E-state index contributed by atoms with van der Waals surface area (Å²) in [5.74, 6) is 0. The first-order valence-corrected chi connectivity index (χ1v) is 7.72. The molecule has 1 N–H and O–H groups in total. The number of benzene rings is 1. The zero-order chi connectivity index (χ0) is 13.9. The van der Waals surface area contributed by atoms with E-state index in [0.717, 1.165) is 13.0 Å². The number of nitrogens with zero attached hydrogens (tertiary/aromatic N) is 2. The Kier molecular flexibility index (Phi) is 4.08. The van der Waals surface area contributed by atoms with Crippen LogP contribution in [0.25, 0.3) is 10.9 Å². The van der Waals surface area contributed by atoms with Crippen molar-refractivity contribution in [2.75, 3.05) is 32.7 Å². The maximum atomic E-state index is 3.47. The summed E-state index contributed by atoms with van der Waals surface area (Å²) in [6.45, 7) is 8.07. The molecule has 1 aliphatic heterocycles. The van der Waals surface area contributed by atoms with Gasteiger partial charge in [0.05, 0.1) is 0 Å². The van der Waals surface area contributed by atoms with Gasteiger partial charge in [0.1, 0.15) is 0 Å². The summed E-state index contributed by atoms with van der Waals surface area (Å²) in [6.07, 6.45) is 4.73. The van der Waals surface area contributed by atoms with Crippen LogP contribution in [0.4, 0.5) is 0 Å². The lowest BCUT2D eigenvalue weighted by Crippen LogP contribution is -2.30. The standard InChI is InChI=1S/C17H25N3/c1-14-4-5-17-16(12-14)15(13-19(17)2)6-10-20-9-3-7-18-8-11-20/h4-5,12-13,18H,3,6-11H2,1-2H3. The molecule has 3 nitrogen and oxygen atoms in total. The van der Waals surface area contributed by atoms with Crippen molar-refractivity contribution in [1.29, 1.82) is 0 Å². The number of nitrogens with one attached hydrogen (secondary N) is 1. The van der Waals surface area contributed by atoms with Gasteiger partial charge in [0, 0.05) is 43.8 Å². The second-order valence-corrected chi connectivity index (χ2v) is 5.98. The fourth-order valence-corrected chi connectivity index (χ4v) is 3.19. The molecule has 3 rings (SSSR count). The zero-order valence-corrected chi connectivity index (χ0v) is 12.7. The Morgan fingerprint density at radius 2 is 2.10 bits per heavy atom. The van der Waals surface area contributed by atoms with Crippen LogP contribution in [-0.2, 0) is 13.5 Å². The molecule has 3 heteroatoms. The van der Waals surface area contributed by atoms with E-state index in [4.69, 9.17) is 0 Å². The Labute approximate surface area is 121 Å². The number of fused-ring (bicyclic) bond motifs is 1. The average Bonchev–Trinajstić information content (AvgIpc) is 2.64. The fourth-order valence-electron chi connectivity index (χ4n) is 3.19. The van der Waals surface area contributed by atoms with Crippen molar-refractivity contribution in [1.82, 2.24) is 14.8 Å². The minimum atomic E-state index is 1.13. The van der Waals surface area contributed by atoms with Crippen LogP contribution in [0.3, 0.4) is 0 Å². The molecule has 1 aliphatic rings. The van der Waals surface area contributed by atoms with Crippen molar-refractivity contribution >= 4 is 10.9 Å². The van der Waals surface area contributed by atoms with Crippen LogP contribution in [-0.4, -0.2) is 42.2 Å². The Morgan fingerprint density at radius 3 is 3.00 bits per heavy atom. The molecule has 1 aromatic carbocycles. The molecule has 0 bridgehead atoms. The molecule has 0 atom stereocenters. The van der Waals surface area contributed by atoms with Crippen LogP contribution in [0.15, 0.2) is 24.4 Å². The highest BCUT2D eigenvalue weighted by atomic mass is 15.1. The van der Waals surface area contributed by atoms with Gasteiger partial charge in [-0.25, -0.2) is 0 Å². The van der Waals surface area contributed by atoms with Crippen LogP contribution in [0.5, 0.6) is 0 Å². The largest absolute Gasteiger partial charge is 0.350 e. The summed E-state index contributed by atoms with van der Waals surface area (Å²) in [5.41, 5.74) is 4.19. The topological polar surface area (TPSA) is 20.2 Å². The monoisotopic (exact) mass is 271 g/mol. The molecule has 0 radical (unpaired) electrons. The van der Waals surface area contributed by atoms with E-state index in [9.17, 15) is 0 Å². The SMILES string of the molecule is Cc1ccc2c(c1)c(CCN1CCCNCC1)cn2C. The van der Waals surface area contributed by atoms with Gasteiger partial charge in [-0.15, -0.1) is 0 Å². The van der Waals surface area contributed by atoms with Gasteiger partial charge >= 0.3 is 0 Å². The normalized spacial score (nSPS) is 17.5. The van der Waals surface area contributed by atoms with Gasteiger partial charge in [0.2, 0.25) is 0 Å². The van der Waals surface area contributed by atoms with Gasteiger partial charge in [0.25, 0.3) is 0 Å². The van der Waals surface area contributed by atoms with Crippen molar-refractivity contribution in [2.45, 2.75) is 19.8 Å². The van der Waals surface area contributed by atoms with E-state index in [1.165, 1.54) is 54.6 Å². The highest BCUT2D eigenvalue weighted by Gasteiger charge is 2.11. The molecule has 20 heavy (non-hydrogen) atoms. The Bertz CT molecular complexity index is 577. The van der Waals surface area contributed by atoms with Crippen molar-refractivity contribution < 1.29 is 0 Å². The maximum absolute atomic E-state index is 3.47. The van der Waals surface area contributed by atoms with Crippen LogP contribution < -0.4 is 5.32 Å². The third-order valence-corrected chi connectivity index (χ3v) is 4.36. The number of aryl methyl sites for hydroxylation is 2. The van der Waals surface area contributed by atoms with E-state index in [0.29, 0.717) is 0 Å². The smallest absolute Gasteiger partial charge is 0.0480 e. The summed E-state index contributed by atoms with van der Waals surface area (Å²) in [6, 6.07) is 6.77. The molecule has 2 heterocycles. The summed E-state index contributed by atoms with van der Waals surface area (Å²) in [7, 11) is 2.15. The summed E-state index contributed by atoms with van der Waals surface area (Å²) in [4.78, 5) is 2.59. The van der Waals surface area contributed by atoms with E-state index >= 15 is 0 Å². The molecule has 0 saturated carbocycles. The molecule has 0 unspecified atom stereocenters. The van der Waals surface area contributed by atoms with E-state index < -0.39 is 0 Å². The number of rotatable bonds is 3. The highest BCUT2D eigenvalue weighted by molar-refractivity contribution is 5.84. The van der Waals surface area contributed by atoms with Crippen LogP contribution in [0.2, 0.25) is 0 Å². The second-order valence-electron chi connectivity index (χ2n) is 5.98. The van der Waals surface area contributed by atoms with Crippen molar-refractivity contribution in [2.24, 2.45) is 7.05 Å². The Balaban J connectivity index is 1.75. The summed E-state index contributed by atoms with van der Waals surface area (Å²) < 4.78 is 2.26. The van der Waals surface area contributed by atoms with Gasteiger partial charge in [-0.05, 0) is 50.6 Å². The average molecular weight is 271 g/mol. The molecule has 0 spiro atoms. The lowest BCUT2D eigenvalue weighted by atomic mass is 10.1. The predicted octanol–water partition coefficient (Wildman–Crippen LogP) is 2.32. The molecule has 0 aliphatic carbocycles. The first-order chi connectivity index (χ1) is 9.74. The van der Waals surface area contributed by atoms with Gasteiger partial charge in [-0.1, -0.05) is 11.6 Å². The van der Waals surface area contributed by atoms with E-state index in [2.05, 4.69) is 53.2 Å². The maximum Gasteiger partial charge on any atom is 0.0480 e. The number of hydrogen-bond acceptors (Lipinski definition) is 2. The molecule has 1 aromatic heterocycles. The minimum absolute atomic E-state index is 1.13. The predicted molar refractivity (Wildman–Crippen MR) is 85.3 cm³/mol. The summed E-state index contributed by atoms with van der Waals surface area (Å²) >= 11 is 0. The highest BCUT2D eigenvalue weighted by Crippen LogP contribution is 2.22. The van der Waals surface area contributed by atoms with Crippen molar-refractivity contribution in [3.05, 3.63) is 35.5 Å². The van der Waals surface area contributed by atoms with Crippen LogP contribution >= 0.6 is 0 Å². The quantitative estimate of drug-likeness (QED) is 0.924. The van der Waals surface area contributed by atoms with Crippen molar-refractivity contribution in [3.8, 4) is 0 Å². The molecule has 108 valence electrons. The molecular formula is C17H25N3. The first-order valence-electron chi connectivity index (χ1n) is 7.72. The van der Waals surface area contributed by atoms with Gasteiger partial charge in [-0.2, -0.15) is 0 Å². The second kappa shape index (κ2) is 5.98. The zero-order valence-electron chi connectivity index (χ0n) is 12.7. The fraction of sp³-hybridized carbons (Fsp3) is 0.529. The van der Waals surface area contributed by atoms with Crippen LogP contribution in [0.1, 0.15) is 17.5 Å². The molecule has 1 fully saturated rings. The minimum Gasteiger partial charge on any atom is -0.350 e. The van der Waals surface area contributed by atoms with E-state index in [1.807, 2.05) is 0 Å². The van der Waals surface area contributed by atoms with Gasteiger partial charge in [-0.3, -0.25) is 0 Å². The number of aromatic nitrogens is 1. The van der Waals surface area contributed by atoms with Crippen LogP contribution in [0, 0.1) is 6.92 Å². The lowest BCUT2D eigenvalue weighted by Gasteiger charge is -2.18. The van der Waals surface area contributed by atoms with Crippen molar-refractivity contribution in [3.63, 3.8) is 0 Å². The third-order valence-electron chi connectivity index (χ3n) is 4.36. The van der Waals surface area contributed by atoms with Gasteiger partial charge in [0.15, 0.2) is 0 Å². The lowest BCUT2D eigenvalue weighted by molar-refractivity contribution is 0.296. The molecular weight excluding hydrogens is 246 g/mol. The number of hydrogen-bond donors (Lipinski definition) is 1. The Morgan fingerprint density at radius 1 is 1.20 bits per heavy atom. The Hall–Kier alpha value is -1.32. The molecule has 2 aromatic rings. The molecule has 1 saturated heterocycles. The first kappa shape index (κ1) is 13.7. The third kappa shape index (κ3) is 2.89. The summed E-state index contributed by atoms with van der Waals surface area (Å²) in [5, 5.41) is 4.90.